The van der Waals surface area contributed by atoms with Gasteiger partial charge >= 0.3 is 0 Å². The minimum atomic E-state index is -0.213. The van der Waals surface area contributed by atoms with Gasteiger partial charge in [0.25, 0.3) is 0 Å². The van der Waals surface area contributed by atoms with Crippen molar-refractivity contribution in [3.63, 3.8) is 0 Å². The summed E-state index contributed by atoms with van der Waals surface area (Å²) in [6.07, 6.45) is 1.83. The minimum absolute atomic E-state index is 0.213. The highest BCUT2D eigenvalue weighted by Gasteiger charge is 2.11. The number of nitrogens with zero attached hydrogens (tertiary/aromatic N) is 2. The third-order valence-corrected chi connectivity index (χ3v) is 3.49. The number of hydrogen-bond acceptors (Lipinski definition) is 4. The molecule has 4 nitrogen and oxygen atoms in total. The molecule has 2 heterocycles. The Hall–Kier alpha value is -2.14. The van der Waals surface area contributed by atoms with Gasteiger partial charge in [-0.15, -0.1) is 0 Å². The molecule has 0 aliphatic carbocycles. The van der Waals surface area contributed by atoms with Crippen molar-refractivity contribution in [3.05, 3.63) is 54.0 Å². The number of halogens is 1. The molecule has 2 aromatic rings. The molecule has 0 spiro atoms. The van der Waals surface area contributed by atoms with Crippen LogP contribution in [0.5, 0.6) is 0 Å². The van der Waals surface area contributed by atoms with E-state index < -0.39 is 0 Å². The van der Waals surface area contributed by atoms with Crippen molar-refractivity contribution in [3.8, 4) is 0 Å². The van der Waals surface area contributed by atoms with Gasteiger partial charge in [0.15, 0.2) is 0 Å². The summed E-state index contributed by atoms with van der Waals surface area (Å²) in [7, 11) is 0. The van der Waals surface area contributed by atoms with E-state index in [0.717, 1.165) is 43.4 Å². The average Bonchev–Trinajstić information content (AvgIpc) is 2.56. The summed E-state index contributed by atoms with van der Waals surface area (Å²) < 4.78 is 18.2. The van der Waals surface area contributed by atoms with Gasteiger partial charge in [0, 0.05) is 19.6 Å². The Labute approximate surface area is 123 Å². The Morgan fingerprint density at radius 1 is 1.10 bits per heavy atom. The van der Waals surface area contributed by atoms with Gasteiger partial charge in [-0.05, 0) is 29.8 Å². The van der Waals surface area contributed by atoms with E-state index in [-0.39, 0.29) is 5.82 Å². The molecule has 0 unspecified atom stereocenters. The zero-order valence-corrected chi connectivity index (χ0v) is 11.8. The summed E-state index contributed by atoms with van der Waals surface area (Å²) in [5.41, 5.74) is 1.99. The summed E-state index contributed by atoms with van der Waals surface area (Å²) >= 11 is 0. The average molecular weight is 287 g/mol. The molecule has 0 atom stereocenters. The Kier molecular flexibility index (Phi) is 4.31. The number of aromatic nitrogens is 1. The summed E-state index contributed by atoms with van der Waals surface area (Å²) in [4.78, 5) is 6.69. The third-order valence-electron chi connectivity index (χ3n) is 3.49. The molecule has 0 radical (unpaired) electrons. The van der Waals surface area contributed by atoms with Gasteiger partial charge in [0.2, 0.25) is 0 Å². The third kappa shape index (κ3) is 3.70. The molecule has 110 valence electrons. The Morgan fingerprint density at radius 3 is 2.52 bits per heavy atom. The van der Waals surface area contributed by atoms with E-state index in [2.05, 4.69) is 15.2 Å². The molecule has 1 aromatic heterocycles. The second-order valence-corrected chi connectivity index (χ2v) is 4.98. The van der Waals surface area contributed by atoms with E-state index in [0.29, 0.717) is 6.54 Å². The second-order valence-electron chi connectivity index (χ2n) is 4.98. The van der Waals surface area contributed by atoms with Crippen LogP contribution in [0, 0.1) is 5.82 Å². The zero-order valence-electron chi connectivity index (χ0n) is 11.8. The molecule has 1 saturated heterocycles. The first kappa shape index (κ1) is 13.8. The van der Waals surface area contributed by atoms with Gasteiger partial charge in [-0.3, -0.25) is 0 Å². The van der Waals surface area contributed by atoms with Crippen LogP contribution < -0.4 is 10.2 Å². The van der Waals surface area contributed by atoms with Crippen molar-refractivity contribution < 1.29 is 9.13 Å². The predicted octanol–water partition coefficient (Wildman–Crippen LogP) is 2.67. The molecule has 21 heavy (non-hydrogen) atoms. The molecule has 0 saturated carbocycles. The fraction of sp³-hybridized carbons (Fsp3) is 0.312. The van der Waals surface area contributed by atoms with Crippen LogP contribution in [0.15, 0.2) is 42.6 Å². The quantitative estimate of drug-likeness (QED) is 0.938. The number of pyridine rings is 1. The molecule has 1 aromatic carbocycles. The Morgan fingerprint density at radius 2 is 1.86 bits per heavy atom. The van der Waals surface area contributed by atoms with Crippen molar-refractivity contribution in [1.29, 1.82) is 0 Å². The van der Waals surface area contributed by atoms with Crippen molar-refractivity contribution in [1.82, 2.24) is 4.98 Å². The van der Waals surface area contributed by atoms with Crippen LogP contribution in [0.4, 0.5) is 15.9 Å². The molecule has 1 aliphatic heterocycles. The molecular weight excluding hydrogens is 269 g/mol. The highest BCUT2D eigenvalue weighted by atomic mass is 19.1. The molecule has 5 heteroatoms. The lowest BCUT2D eigenvalue weighted by Crippen LogP contribution is -2.36. The number of ether oxygens (including phenoxy) is 1. The Bertz CT molecular complexity index is 565. The number of hydrogen-bond donors (Lipinski definition) is 1. The van der Waals surface area contributed by atoms with E-state index in [4.69, 9.17) is 4.74 Å². The van der Waals surface area contributed by atoms with E-state index in [9.17, 15) is 4.39 Å². The largest absolute Gasteiger partial charge is 0.380 e. The van der Waals surface area contributed by atoms with E-state index in [1.165, 1.54) is 12.1 Å². The number of anilines is 2. The summed E-state index contributed by atoms with van der Waals surface area (Å²) in [5, 5.41) is 3.28. The smallest absolute Gasteiger partial charge is 0.128 e. The lowest BCUT2D eigenvalue weighted by molar-refractivity contribution is 0.122. The van der Waals surface area contributed by atoms with Crippen LogP contribution in [0.2, 0.25) is 0 Å². The zero-order chi connectivity index (χ0) is 14.5. The number of rotatable bonds is 4. The standard InChI is InChI=1S/C16H18FN3O/c17-14-3-1-13(2-4-14)11-18-15-5-6-16(19-12-15)20-7-9-21-10-8-20/h1-6,12,18H,7-11H2. The highest BCUT2D eigenvalue weighted by molar-refractivity contribution is 5.49. The molecule has 1 aliphatic rings. The second kappa shape index (κ2) is 6.54. The van der Waals surface area contributed by atoms with Gasteiger partial charge in [-0.1, -0.05) is 12.1 Å². The molecule has 0 bridgehead atoms. The van der Waals surface area contributed by atoms with Gasteiger partial charge in [0.05, 0.1) is 25.1 Å². The SMILES string of the molecule is Fc1ccc(CNc2ccc(N3CCOCC3)nc2)cc1. The maximum Gasteiger partial charge on any atom is 0.128 e. The normalized spacial score (nSPS) is 15.0. The molecule has 1 fully saturated rings. The van der Waals surface area contributed by atoms with Gasteiger partial charge < -0.3 is 15.0 Å². The van der Waals surface area contributed by atoms with E-state index in [1.807, 2.05) is 18.3 Å². The molecule has 1 N–H and O–H groups in total. The highest BCUT2D eigenvalue weighted by Crippen LogP contribution is 2.16. The summed E-state index contributed by atoms with van der Waals surface area (Å²) in [6.45, 7) is 3.93. The van der Waals surface area contributed by atoms with Gasteiger partial charge in [-0.2, -0.15) is 0 Å². The fourth-order valence-corrected chi connectivity index (χ4v) is 2.28. The summed E-state index contributed by atoms with van der Waals surface area (Å²) in [5.74, 6) is 0.765. The lowest BCUT2D eigenvalue weighted by Gasteiger charge is -2.27. The number of morpholine rings is 1. The molecule has 0 amide bonds. The maximum atomic E-state index is 12.8. The molecular formula is C16H18FN3O. The van der Waals surface area contributed by atoms with Crippen LogP contribution in [0.25, 0.3) is 0 Å². The number of nitrogens with one attached hydrogen (secondary N) is 1. The molecule has 3 rings (SSSR count). The first-order valence-electron chi connectivity index (χ1n) is 7.08. The minimum Gasteiger partial charge on any atom is -0.380 e. The van der Waals surface area contributed by atoms with Crippen molar-refractivity contribution in [2.45, 2.75) is 6.54 Å². The lowest BCUT2D eigenvalue weighted by atomic mass is 10.2. The van der Waals surface area contributed by atoms with Crippen molar-refractivity contribution in [2.75, 3.05) is 36.5 Å². The first-order chi connectivity index (χ1) is 10.3. The van der Waals surface area contributed by atoms with E-state index in [1.54, 1.807) is 12.1 Å². The van der Waals surface area contributed by atoms with Gasteiger partial charge in [-0.25, -0.2) is 9.37 Å². The van der Waals surface area contributed by atoms with Crippen molar-refractivity contribution in [2.24, 2.45) is 0 Å². The number of benzene rings is 1. The van der Waals surface area contributed by atoms with Crippen LogP contribution in [0.3, 0.4) is 0 Å². The van der Waals surface area contributed by atoms with E-state index >= 15 is 0 Å². The first-order valence-corrected chi connectivity index (χ1v) is 7.08. The van der Waals surface area contributed by atoms with Crippen LogP contribution in [-0.4, -0.2) is 31.3 Å². The van der Waals surface area contributed by atoms with Crippen LogP contribution >= 0.6 is 0 Å². The Balaban J connectivity index is 1.57. The van der Waals surface area contributed by atoms with Crippen molar-refractivity contribution >= 4 is 11.5 Å². The van der Waals surface area contributed by atoms with Crippen LogP contribution in [0.1, 0.15) is 5.56 Å². The summed E-state index contributed by atoms with van der Waals surface area (Å²) in [6, 6.07) is 10.5. The van der Waals surface area contributed by atoms with Gasteiger partial charge in [0.1, 0.15) is 11.6 Å². The maximum absolute atomic E-state index is 12.8. The fourth-order valence-electron chi connectivity index (χ4n) is 2.28. The topological polar surface area (TPSA) is 37.4 Å². The predicted molar refractivity (Wildman–Crippen MR) is 81.0 cm³/mol. The van der Waals surface area contributed by atoms with Crippen LogP contribution in [-0.2, 0) is 11.3 Å². The monoisotopic (exact) mass is 287 g/mol.